The molecule has 68 valence electrons. The van der Waals surface area contributed by atoms with Crippen LogP contribution in [-0.4, -0.2) is 18.5 Å². The van der Waals surface area contributed by atoms with E-state index in [-0.39, 0.29) is 11.9 Å². The molecule has 1 amide bonds. The lowest BCUT2D eigenvalue weighted by Crippen LogP contribution is -2.42. The molecular formula is C9H16N2O. The van der Waals surface area contributed by atoms with Crippen molar-refractivity contribution in [2.24, 2.45) is 17.6 Å². The van der Waals surface area contributed by atoms with E-state index in [1.54, 1.807) is 0 Å². The van der Waals surface area contributed by atoms with Crippen molar-refractivity contribution >= 4 is 5.91 Å². The highest BCUT2D eigenvalue weighted by Gasteiger charge is 2.35. The molecular weight excluding hydrogens is 152 g/mol. The standard InChI is InChI=1S/C9H16N2O/c10-5-8(6-1-2-6)11-9(12)7-3-4-7/h6-8H,1-5,10H2,(H,11,12). The molecule has 3 N–H and O–H groups in total. The van der Waals surface area contributed by atoms with Crippen molar-refractivity contribution in [3.63, 3.8) is 0 Å². The fraction of sp³-hybridized carbons (Fsp3) is 0.889. The summed E-state index contributed by atoms with van der Waals surface area (Å²) in [5, 5.41) is 3.03. The molecule has 2 rings (SSSR count). The van der Waals surface area contributed by atoms with Crippen LogP contribution in [0.1, 0.15) is 25.7 Å². The number of nitrogens with one attached hydrogen (secondary N) is 1. The number of carbonyl (C=O) groups excluding carboxylic acids is 1. The van der Waals surface area contributed by atoms with Crippen molar-refractivity contribution in [2.45, 2.75) is 31.7 Å². The van der Waals surface area contributed by atoms with Gasteiger partial charge in [0.05, 0.1) is 0 Å². The highest BCUT2D eigenvalue weighted by atomic mass is 16.2. The molecule has 1 atom stereocenters. The number of hydrogen-bond donors (Lipinski definition) is 2. The maximum absolute atomic E-state index is 11.3. The fourth-order valence-electron chi connectivity index (χ4n) is 1.51. The molecule has 0 spiro atoms. The first kappa shape index (κ1) is 8.05. The average Bonchev–Trinajstić information content (AvgIpc) is 2.89. The second-order valence-corrected chi connectivity index (χ2v) is 3.96. The van der Waals surface area contributed by atoms with Gasteiger partial charge < -0.3 is 11.1 Å². The van der Waals surface area contributed by atoms with Crippen molar-refractivity contribution in [3.8, 4) is 0 Å². The summed E-state index contributed by atoms with van der Waals surface area (Å²) in [4.78, 5) is 11.3. The summed E-state index contributed by atoms with van der Waals surface area (Å²) in [7, 11) is 0. The van der Waals surface area contributed by atoms with E-state index in [0.717, 1.165) is 12.8 Å². The first-order valence-corrected chi connectivity index (χ1v) is 4.81. The van der Waals surface area contributed by atoms with Gasteiger partial charge in [0.1, 0.15) is 0 Å². The van der Waals surface area contributed by atoms with E-state index in [0.29, 0.717) is 18.4 Å². The minimum atomic E-state index is 0.234. The largest absolute Gasteiger partial charge is 0.352 e. The van der Waals surface area contributed by atoms with Crippen molar-refractivity contribution in [2.75, 3.05) is 6.54 Å². The molecule has 1 unspecified atom stereocenters. The van der Waals surface area contributed by atoms with Crippen LogP contribution in [0.2, 0.25) is 0 Å². The Hall–Kier alpha value is -0.570. The fourth-order valence-corrected chi connectivity index (χ4v) is 1.51. The van der Waals surface area contributed by atoms with Crippen LogP contribution in [0.3, 0.4) is 0 Å². The quantitative estimate of drug-likeness (QED) is 0.632. The SMILES string of the molecule is NCC(NC(=O)C1CC1)C1CC1. The maximum atomic E-state index is 11.3. The van der Waals surface area contributed by atoms with E-state index < -0.39 is 0 Å². The first-order valence-electron chi connectivity index (χ1n) is 4.81. The molecule has 2 aliphatic rings. The predicted octanol–water partition coefficient (Wildman–Crippen LogP) is 0.250. The number of rotatable bonds is 4. The number of hydrogen-bond acceptors (Lipinski definition) is 2. The molecule has 0 aromatic heterocycles. The predicted molar refractivity (Wildman–Crippen MR) is 46.4 cm³/mol. The van der Waals surface area contributed by atoms with Gasteiger partial charge in [-0.15, -0.1) is 0 Å². The molecule has 2 saturated carbocycles. The van der Waals surface area contributed by atoms with Gasteiger partial charge in [0.15, 0.2) is 0 Å². The van der Waals surface area contributed by atoms with Gasteiger partial charge in [-0.2, -0.15) is 0 Å². The first-order chi connectivity index (χ1) is 5.81. The molecule has 0 aliphatic heterocycles. The van der Waals surface area contributed by atoms with Crippen LogP contribution in [0.25, 0.3) is 0 Å². The summed E-state index contributed by atoms with van der Waals surface area (Å²) in [6, 6.07) is 0.262. The molecule has 0 aromatic carbocycles. The molecule has 3 heteroatoms. The summed E-state index contributed by atoms with van der Waals surface area (Å²) in [6.07, 6.45) is 4.64. The zero-order valence-corrected chi connectivity index (χ0v) is 7.25. The average molecular weight is 168 g/mol. The summed E-state index contributed by atoms with van der Waals surface area (Å²) in [6.45, 7) is 0.600. The van der Waals surface area contributed by atoms with Gasteiger partial charge >= 0.3 is 0 Å². The Morgan fingerprint density at radius 3 is 2.50 bits per heavy atom. The summed E-state index contributed by atoms with van der Waals surface area (Å²) in [5.41, 5.74) is 5.57. The second-order valence-electron chi connectivity index (χ2n) is 3.96. The van der Waals surface area contributed by atoms with Crippen LogP contribution in [0, 0.1) is 11.8 Å². The van der Waals surface area contributed by atoms with Crippen LogP contribution in [-0.2, 0) is 4.79 Å². The number of amides is 1. The summed E-state index contributed by atoms with van der Waals surface area (Å²) >= 11 is 0. The third-order valence-corrected chi connectivity index (χ3v) is 2.72. The molecule has 3 nitrogen and oxygen atoms in total. The van der Waals surface area contributed by atoms with Crippen LogP contribution < -0.4 is 11.1 Å². The van der Waals surface area contributed by atoms with Crippen LogP contribution in [0.5, 0.6) is 0 Å². The Morgan fingerprint density at radius 1 is 1.42 bits per heavy atom. The number of carbonyl (C=O) groups is 1. The normalized spacial score (nSPS) is 25.1. The molecule has 2 fully saturated rings. The van der Waals surface area contributed by atoms with E-state index >= 15 is 0 Å². The lowest BCUT2D eigenvalue weighted by atomic mass is 10.2. The summed E-state index contributed by atoms with van der Waals surface area (Å²) < 4.78 is 0. The van der Waals surface area contributed by atoms with Crippen molar-refractivity contribution in [1.29, 1.82) is 0 Å². The van der Waals surface area contributed by atoms with Crippen LogP contribution >= 0.6 is 0 Å². The zero-order chi connectivity index (χ0) is 8.55. The molecule has 0 heterocycles. The Bertz CT molecular complexity index is 185. The second kappa shape index (κ2) is 3.05. The van der Waals surface area contributed by atoms with Crippen LogP contribution in [0.4, 0.5) is 0 Å². The third kappa shape index (κ3) is 1.78. The minimum absolute atomic E-state index is 0.234. The van der Waals surface area contributed by atoms with Gasteiger partial charge in [-0.25, -0.2) is 0 Å². The minimum Gasteiger partial charge on any atom is -0.352 e. The van der Waals surface area contributed by atoms with Gasteiger partial charge in [-0.1, -0.05) is 0 Å². The van der Waals surface area contributed by atoms with E-state index in [9.17, 15) is 4.79 Å². The van der Waals surface area contributed by atoms with E-state index in [4.69, 9.17) is 5.73 Å². The smallest absolute Gasteiger partial charge is 0.223 e. The molecule has 0 aromatic rings. The highest BCUT2D eigenvalue weighted by molar-refractivity contribution is 5.81. The highest BCUT2D eigenvalue weighted by Crippen LogP contribution is 2.34. The van der Waals surface area contributed by atoms with Gasteiger partial charge in [0, 0.05) is 18.5 Å². The molecule has 0 saturated heterocycles. The number of nitrogens with two attached hydrogens (primary N) is 1. The Balaban J connectivity index is 1.77. The van der Waals surface area contributed by atoms with E-state index in [1.807, 2.05) is 0 Å². The van der Waals surface area contributed by atoms with E-state index in [2.05, 4.69) is 5.32 Å². The Kier molecular flexibility index (Phi) is 2.05. The van der Waals surface area contributed by atoms with Gasteiger partial charge in [0.25, 0.3) is 0 Å². The topological polar surface area (TPSA) is 55.1 Å². The van der Waals surface area contributed by atoms with Crippen molar-refractivity contribution < 1.29 is 4.79 Å². The monoisotopic (exact) mass is 168 g/mol. The Morgan fingerprint density at radius 2 is 2.08 bits per heavy atom. The van der Waals surface area contributed by atoms with Crippen LogP contribution in [0.15, 0.2) is 0 Å². The van der Waals surface area contributed by atoms with Crippen molar-refractivity contribution in [1.82, 2.24) is 5.32 Å². The molecule has 0 radical (unpaired) electrons. The van der Waals surface area contributed by atoms with E-state index in [1.165, 1.54) is 12.8 Å². The Labute approximate surface area is 72.7 Å². The van der Waals surface area contributed by atoms with Gasteiger partial charge in [-0.05, 0) is 31.6 Å². The molecule has 12 heavy (non-hydrogen) atoms. The lowest BCUT2D eigenvalue weighted by Gasteiger charge is -2.15. The summed E-state index contributed by atoms with van der Waals surface area (Å²) in [5.74, 6) is 1.23. The van der Waals surface area contributed by atoms with Gasteiger partial charge in [-0.3, -0.25) is 4.79 Å². The van der Waals surface area contributed by atoms with Gasteiger partial charge in [0.2, 0.25) is 5.91 Å². The maximum Gasteiger partial charge on any atom is 0.223 e. The van der Waals surface area contributed by atoms with Crippen molar-refractivity contribution in [3.05, 3.63) is 0 Å². The zero-order valence-electron chi connectivity index (χ0n) is 7.25. The third-order valence-electron chi connectivity index (χ3n) is 2.72. The molecule has 2 aliphatic carbocycles. The molecule has 0 bridgehead atoms. The lowest BCUT2D eigenvalue weighted by molar-refractivity contribution is -0.123.